The summed E-state index contributed by atoms with van der Waals surface area (Å²) in [6, 6.07) is 0. The topological polar surface area (TPSA) is 74.6 Å². The summed E-state index contributed by atoms with van der Waals surface area (Å²) >= 11 is 0. The minimum absolute atomic E-state index is 0.107. The van der Waals surface area contributed by atoms with Crippen molar-refractivity contribution in [2.45, 2.75) is 96.4 Å². The summed E-state index contributed by atoms with van der Waals surface area (Å²) in [5, 5.41) is 20.4. The van der Waals surface area contributed by atoms with Crippen molar-refractivity contribution in [2.75, 3.05) is 0 Å². The van der Waals surface area contributed by atoms with Gasteiger partial charge in [0.05, 0.1) is 5.92 Å². The smallest absolute Gasteiger partial charge is 0.307 e. The van der Waals surface area contributed by atoms with Gasteiger partial charge < -0.3 is 10.2 Å². The predicted molar refractivity (Wildman–Crippen MR) is 126 cm³/mol. The van der Waals surface area contributed by atoms with E-state index < -0.39 is 25.6 Å². The molecule has 0 heterocycles. The van der Waals surface area contributed by atoms with Crippen molar-refractivity contribution in [1.82, 2.24) is 0 Å². The number of carbonyl (C=O) groups excluding carboxylic acids is 1. The summed E-state index contributed by atoms with van der Waals surface area (Å²) in [6.07, 6.45) is 15.4. The second-order valence-electron chi connectivity index (χ2n) is 9.48. The Hall–Kier alpha value is -1.64. The van der Waals surface area contributed by atoms with E-state index in [1.54, 1.807) is 0 Å². The van der Waals surface area contributed by atoms with Crippen LogP contribution in [0.15, 0.2) is 24.3 Å². The molecule has 1 aliphatic rings. The number of aliphatic hydroxyl groups is 1. The third-order valence-electron chi connectivity index (χ3n) is 5.45. The van der Waals surface area contributed by atoms with Gasteiger partial charge in [0.2, 0.25) is 0 Å². The van der Waals surface area contributed by atoms with Crippen LogP contribution in [-0.2, 0) is 9.59 Å². The molecule has 0 unspecified atom stereocenters. The summed E-state index contributed by atoms with van der Waals surface area (Å²) < 4.78 is 0. The number of carboxylic acid groups (broad SMARTS) is 1. The number of rotatable bonds is 12. The number of hydrogen-bond acceptors (Lipinski definition) is 3. The molecule has 1 rings (SSSR count). The minimum Gasteiger partial charge on any atom is -0.481 e. The molecule has 0 radical (unpaired) electrons. The molecule has 0 spiro atoms. The Morgan fingerprint density at radius 1 is 1.27 bits per heavy atom. The zero-order chi connectivity index (χ0) is 22.6. The highest BCUT2D eigenvalue weighted by molar-refractivity contribution is 6.83. The van der Waals surface area contributed by atoms with Crippen molar-refractivity contribution in [3.63, 3.8) is 0 Å². The monoisotopic (exact) mass is 432 g/mol. The molecule has 2 N–H and O–H groups in total. The van der Waals surface area contributed by atoms with Gasteiger partial charge in [0.25, 0.3) is 0 Å². The average molecular weight is 433 g/mol. The van der Waals surface area contributed by atoms with Crippen LogP contribution < -0.4 is 0 Å². The van der Waals surface area contributed by atoms with Crippen LogP contribution in [0.5, 0.6) is 0 Å². The molecule has 3 atom stereocenters. The molecule has 5 heteroatoms. The standard InChI is InChI=1S/C25H40O4Si/c1-5-6-11-17-25(29,19-20-30(2,3)4)18-12-9-7-8-10-14-22(24(27)28)21-15-13-16-23(21)26/h7-8,12,18,21-22,29H,5-6,9-11,13-17H2,1-4H3,(H,27,28)/b8-7+,18-12-/t21-,22+,25+/m1/s1. The number of carboxylic acids is 1. The molecule has 0 aromatic rings. The quantitative estimate of drug-likeness (QED) is 0.184. The van der Waals surface area contributed by atoms with Gasteiger partial charge >= 0.3 is 5.97 Å². The van der Waals surface area contributed by atoms with Gasteiger partial charge in [-0.15, -0.1) is 5.54 Å². The van der Waals surface area contributed by atoms with E-state index in [1.165, 1.54) is 0 Å². The highest BCUT2D eigenvalue weighted by atomic mass is 28.3. The van der Waals surface area contributed by atoms with E-state index in [9.17, 15) is 19.8 Å². The van der Waals surface area contributed by atoms with E-state index >= 15 is 0 Å². The normalized spacial score (nSPS) is 20.3. The fourth-order valence-electron chi connectivity index (χ4n) is 3.72. The Morgan fingerprint density at radius 3 is 2.57 bits per heavy atom. The molecule has 0 aromatic heterocycles. The number of Topliss-reactive ketones (excluding diaryl/α,β-unsaturated/α-hetero) is 1. The van der Waals surface area contributed by atoms with Crippen LogP contribution in [0, 0.1) is 23.3 Å². The summed E-state index contributed by atoms with van der Waals surface area (Å²) in [4.78, 5) is 23.4. The van der Waals surface area contributed by atoms with Crippen molar-refractivity contribution < 1.29 is 19.8 Å². The van der Waals surface area contributed by atoms with Gasteiger partial charge in [0.15, 0.2) is 0 Å². The Kier molecular flexibility index (Phi) is 11.4. The van der Waals surface area contributed by atoms with E-state index in [2.05, 4.69) is 38.0 Å². The molecule has 1 aliphatic carbocycles. The van der Waals surface area contributed by atoms with Crippen LogP contribution in [0.2, 0.25) is 19.6 Å². The molecule has 0 aliphatic heterocycles. The molecule has 0 aromatic carbocycles. The lowest BCUT2D eigenvalue weighted by atomic mass is 9.86. The maximum atomic E-state index is 11.9. The second-order valence-corrected chi connectivity index (χ2v) is 14.2. The molecule has 168 valence electrons. The molecular formula is C25H40O4Si. The fraction of sp³-hybridized carbons (Fsp3) is 0.680. The van der Waals surface area contributed by atoms with Gasteiger partial charge in [-0.25, -0.2) is 0 Å². The number of allylic oxidation sites excluding steroid dienone is 3. The van der Waals surface area contributed by atoms with Gasteiger partial charge in [-0.2, -0.15) is 0 Å². The number of aliphatic carboxylic acids is 1. The van der Waals surface area contributed by atoms with E-state index in [0.29, 0.717) is 38.5 Å². The maximum Gasteiger partial charge on any atom is 0.307 e. The lowest BCUT2D eigenvalue weighted by Gasteiger charge is -2.19. The van der Waals surface area contributed by atoms with Crippen LogP contribution in [-0.4, -0.2) is 35.6 Å². The first-order chi connectivity index (χ1) is 14.1. The van der Waals surface area contributed by atoms with Crippen LogP contribution in [0.3, 0.4) is 0 Å². The van der Waals surface area contributed by atoms with Gasteiger partial charge in [-0.1, -0.05) is 63.6 Å². The van der Waals surface area contributed by atoms with Gasteiger partial charge in [0, 0.05) is 12.3 Å². The number of hydrogen-bond donors (Lipinski definition) is 2. The minimum atomic E-state index is -1.56. The largest absolute Gasteiger partial charge is 0.481 e. The van der Waals surface area contributed by atoms with E-state index in [-0.39, 0.29) is 11.7 Å². The SMILES string of the molecule is CCCCC[C@@](O)(C#C[Si](C)(C)C)/C=C\C/C=C/CC[C@H](C(=O)O)[C@H]1CCCC1=O. The number of ketones is 1. The summed E-state index contributed by atoms with van der Waals surface area (Å²) in [6.45, 7) is 8.65. The number of carbonyl (C=O) groups is 2. The molecule has 1 fully saturated rings. The van der Waals surface area contributed by atoms with E-state index in [4.69, 9.17) is 0 Å². The first-order valence-corrected chi connectivity index (χ1v) is 14.9. The van der Waals surface area contributed by atoms with Crippen LogP contribution in [0.25, 0.3) is 0 Å². The van der Waals surface area contributed by atoms with Crippen molar-refractivity contribution in [1.29, 1.82) is 0 Å². The van der Waals surface area contributed by atoms with Crippen molar-refractivity contribution in [3.05, 3.63) is 24.3 Å². The summed E-state index contributed by atoms with van der Waals surface area (Å²) in [7, 11) is -1.56. The Labute approximate surface area is 183 Å². The maximum absolute atomic E-state index is 11.9. The molecule has 30 heavy (non-hydrogen) atoms. The summed E-state index contributed by atoms with van der Waals surface area (Å²) in [5.41, 5.74) is 2.22. The first kappa shape index (κ1) is 26.4. The van der Waals surface area contributed by atoms with E-state index in [1.807, 2.05) is 24.3 Å². The van der Waals surface area contributed by atoms with Crippen molar-refractivity contribution >= 4 is 19.8 Å². The fourth-order valence-corrected chi connectivity index (χ4v) is 4.32. The lowest BCUT2D eigenvalue weighted by molar-refractivity contribution is -0.146. The highest BCUT2D eigenvalue weighted by Gasteiger charge is 2.35. The molecule has 4 nitrogen and oxygen atoms in total. The highest BCUT2D eigenvalue weighted by Crippen LogP contribution is 2.31. The number of unbranched alkanes of at least 4 members (excludes halogenated alkanes) is 2. The zero-order valence-corrected chi connectivity index (χ0v) is 20.2. The van der Waals surface area contributed by atoms with Crippen LogP contribution >= 0.6 is 0 Å². The molecule has 0 bridgehead atoms. The Balaban J connectivity index is 2.57. The second kappa shape index (κ2) is 12.9. The van der Waals surface area contributed by atoms with Crippen LogP contribution in [0.1, 0.15) is 71.1 Å². The third kappa shape index (κ3) is 10.4. The van der Waals surface area contributed by atoms with Gasteiger partial charge in [0.1, 0.15) is 19.5 Å². The molecule has 1 saturated carbocycles. The van der Waals surface area contributed by atoms with Crippen molar-refractivity contribution in [3.8, 4) is 11.5 Å². The molecule has 0 saturated heterocycles. The Morgan fingerprint density at radius 2 is 2.00 bits per heavy atom. The van der Waals surface area contributed by atoms with Crippen LogP contribution in [0.4, 0.5) is 0 Å². The predicted octanol–water partition coefficient (Wildman–Crippen LogP) is 5.53. The molecular weight excluding hydrogens is 392 g/mol. The average Bonchev–Trinajstić information content (AvgIpc) is 3.07. The van der Waals surface area contributed by atoms with Crippen molar-refractivity contribution in [2.24, 2.45) is 11.8 Å². The Bertz CT molecular complexity index is 677. The lowest BCUT2D eigenvalue weighted by Crippen LogP contribution is -2.26. The zero-order valence-electron chi connectivity index (χ0n) is 19.2. The van der Waals surface area contributed by atoms with Gasteiger partial charge in [-0.05, 0) is 51.0 Å². The first-order valence-electron chi connectivity index (χ1n) is 11.4. The van der Waals surface area contributed by atoms with Gasteiger partial charge in [-0.3, -0.25) is 9.59 Å². The van der Waals surface area contributed by atoms with E-state index in [0.717, 1.165) is 25.7 Å². The summed E-state index contributed by atoms with van der Waals surface area (Å²) in [5.74, 6) is 1.49. The molecule has 0 amide bonds. The third-order valence-corrected chi connectivity index (χ3v) is 6.32.